The van der Waals surface area contributed by atoms with Gasteiger partial charge in [-0.05, 0) is 20.9 Å². The zero-order valence-electron chi connectivity index (χ0n) is 13.4. The van der Waals surface area contributed by atoms with E-state index in [-0.39, 0.29) is 16.9 Å². The van der Waals surface area contributed by atoms with E-state index in [2.05, 4.69) is 35.6 Å². The Bertz CT molecular complexity index is 359. The highest BCUT2D eigenvalue weighted by Crippen LogP contribution is 2.29. The first-order chi connectivity index (χ1) is 8.61. The van der Waals surface area contributed by atoms with Gasteiger partial charge in [-0.2, -0.15) is 0 Å². The Morgan fingerprint density at radius 3 is 2.37 bits per heavy atom. The molecule has 0 aromatic carbocycles. The van der Waals surface area contributed by atoms with E-state index in [0.29, 0.717) is 6.04 Å². The predicted octanol–water partition coefficient (Wildman–Crippen LogP) is 1.27. The van der Waals surface area contributed by atoms with E-state index in [1.807, 2.05) is 20.8 Å². The molecule has 0 aliphatic carbocycles. The van der Waals surface area contributed by atoms with Crippen LogP contribution in [-0.4, -0.2) is 72.0 Å². The minimum Gasteiger partial charge on any atom is -0.339 e. The van der Waals surface area contributed by atoms with Crippen molar-refractivity contribution in [1.82, 2.24) is 14.7 Å². The number of amides is 1. The lowest BCUT2D eigenvalue weighted by molar-refractivity contribution is -0.146. The highest BCUT2D eigenvalue weighted by Gasteiger charge is 2.43. The summed E-state index contributed by atoms with van der Waals surface area (Å²) in [6, 6.07) is 0.480. The summed E-state index contributed by atoms with van der Waals surface area (Å²) in [6.07, 6.45) is 0. The standard InChI is InChI=1S/C15H29N3O/c1-14(2,3)13(19)17-7-8-18-12(10-17)9-16(6)11-15(18,4)5/h12H,7-11H2,1-6H3/t12-/m1/s1. The first-order valence-corrected chi connectivity index (χ1v) is 7.36. The van der Waals surface area contributed by atoms with Gasteiger partial charge in [-0.15, -0.1) is 0 Å². The van der Waals surface area contributed by atoms with Crippen molar-refractivity contribution in [3.63, 3.8) is 0 Å². The summed E-state index contributed by atoms with van der Waals surface area (Å²) in [4.78, 5) is 19.5. The van der Waals surface area contributed by atoms with E-state index in [4.69, 9.17) is 0 Å². The van der Waals surface area contributed by atoms with Crippen LogP contribution < -0.4 is 0 Å². The smallest absolute Gasteiger partial charge is 0.228 e. The molecule has 2 saturated heterocycles. The normalized spacial score (nSPS) is 29.2. The number of nitrogens with zero attached hydrogens (tertiary/aromatic N) is 3. The van der Waals surface area contributed by atoms with Crippen LogP contribution in [0.15, 0.2) is 0 Å². The molecule has 0 unspecified atom stereocenters. The van der Waals surface area contributed by atoms with Crippen LogP contribution in [0.4, 0.5) is 0 Å². The van der Waals surface area contributed by atoms with Gasteiger partial charge in [-0.25, -0.2) is 0 Å². The molecule has 4 nitrogen and oxygen atoms in total. The van der Waals surface area contributed by atoms with Gasteiger partial charge in [0.05, 0.1) is 0 Å². The molecule has 2 aliphatic heterocycles. The van der Waals surface area contributed by atoms with Gasteiger partial charge in [0.2, 0.25) is 5.91 Å². The Hall–Kier alpha value is -0.610. The van der Waals surface area contributed by atoms with Crippen molar-refractivity contribution in [2.75, 3.05) is 39.8 Å². The van der Waals surface area contributed by atoms with Gasteiger partial charge in [-0.3, -0.25) is 9.69 Å². The van der Waals surface area contributed by atoms with Crippen molar-refractivity contribution in [3.8, 4) is 0 Å². The Labute approximate surface area is 117 Å². The van der Waals surface area contributed by atoms with Gasteiger partial charge in [0.25, 0.3) is 0 Å². The van der Waals surface area contributed by atoms with E-state index >= 15 is 0 Å². The van der Waals surface area contributed by atoms with Crippen LogP contribution >= 0.6 is 0 Å². The highest BCUT2D eigenvalue weighted by molar-refractivity contribution is 5.81. The van der Waals surface area contributed by atoms with Gasteiger partial charge in [0.15, 0.2) is 0 Å². The third-order valence-corrected chi connectivity index (χ3v) is 4.37. The number of carbonyl (C=O) groups is 1. The summed E-state index contributed by atoms with van der Waals surface area (Å²) < 4.78 is 0. The summed E-state index contributed by atoms with van der Waals surface area (Å²) in [7, 11) is 2.18. The molecule has 2 aliphatic rings. The highest BCUT2D eigenvalue weighted by atomic mass is 16.2. The van der Waals surface area contributed by atoms with Gasteiger partial charge < -0.3 is 9.80 Å². The topological polar surface area (TPSA) is 26.8 Å². The lowest BCUT2D eigenvalue weighted by Gasteiger charge is -2.55. The second-order valence-corrected chi connectivity index (χ2v) is 7.86. The molecule has 0 bridgehead atoms. The van der Waals surface area contributed by atoms with Gasteiger partial charge in [0, 0.05) is 49.7 Å². The van der Waals surface area contributed by atoms with Crippen LogP contribution in [-0.2, 0) is 4.79 Å². The van der Waals surface area contributed by atoms with Crippen LogP contribution in [0.5, 0.6) is 0 Å². The second kappa shape index (κ2) is 4.74. The van der Waals surface area contributed by atoms with Gasteiger partial charge in [-0.1, -0.05) is 20.8 Å². The maximum atomic E-state index is 12.4. The fourth-order valence-corrected chi connectivity index (χ4v) is 3.64. The number of likely N-dealkylation sites (N-methyl/N-ethyl adjacent to an activating group) is 1. The molecule has 0 N–H and O–H groups in total. The van der Waals surface area contributed by atoms with E-state index in [1.165, 1.54) is 0 Å². The Morgan fingerprint density at radius 2 is 1.79 bits per heavy atom. The fraction of sp³-hybridized carbons (Fsp3) is 0.933. The third kappa shape index (κ3) is 2.95. The lowest BCUT2D eigenvalue weighted by Crippen LogP contribution is -2.70. The molecule has 110 valence electrons. The SMILES string of the molecule is CN1C[C@@H]2CN(C(=O)C(C)(C)C)CCN2C(C)(C)C1. The molecule has 0 radical (unpaired) electrons. The number of piperazine rings is 2. The van der Waals surface area contributed by atoms with Crippen molar-refractivity contribution < 1.29 is 4.79 Å². The summed E-state index contributed by atoms with van der Waals surface area (Å²) in [5.41, 5.74) is -0.0488. The number of hydrogen-bond acceptors (Lipinski definition) is 3. The predicted molar refractivity (Wildman–Crippen MR) is 78.1 cm³/mol. The molecule has 2 rings (SSSR count). The minimum absolute atomic E-state index is 0.217. The lowest BCUT2D eigenvalue weighted by atomic mass is 9.90. The number of rotatable bonds is 0. The van der Waals surface area contributed by atoms with E-state index in [9.17, 15) is 4.79 Å². The molecule has 19 heavy (non-hydrogen) atoms. The summed E-state index contributed by atoms with van der Waals surface area (Å²) in [5.74, 6) is 0.290. The van der Waals surface area contributed by atoms with Gasteiger partial charge >= 0.3 is 0 Å². The molecule has 4 heteroatoms. The maximum Gasteiger partial charge on any atom is 0.228 e. The van der Waals surface area contributed by atoms with Crippen molar-refractivity contribution in [2.24, 2.45) is 5.41 Å². The molecule has 1 atom stereocenters. The maximum absolute atomic E-state index is 12.4. The third-order valence-electron chi connectivity index (χ3n) is 4.37. The average molecular weight is 267 g/mol. The monoisotopic (exact) mass is 267 g/mol. The molecule has 0 aromatic rings. The first kappa shape index (κ1) is 14.8. The van der Waals surface area contributed by atoms with Crippen molar-refractivity contribution in [2.45, 2.75) is 46.2 Å². The number of fused-ring (bicyclic) bond motifs is 1. The molecule has 0 saturated carbocycles. The summed E-state index contributed by atoms with van der Waals surface area (Å²) in [6.45, 7) is 15.6. The molecule has 2 fully saturated rings. The number of hydrogen-bond donors (Lipinski definition) is 0. The Kier molecular flexibility index (Phi) is 3.69. The zero-order valence-corrected chi connectivity index (χ0v) is 13.4. The molecule has 0 spiro atoms. The average Bonchev–Trinajstić information content (AvgIpc) is 2.24. The zero-order chi connectivity index (χ0) is 14.4. The summed E-state index contributed by atoms with van der Waals surface area (Å²) >= 11 is 0. The van der Waals surface area contributed by atoms with Crippen LogP contribution in [0.3, 0.4) is 0 Å². The molecular weight excluding hydrogens is 238 g/mol. The Balaban J connectivity index is 2.09. The van der Waals surface area contributed by atoms with Crippen molar-refractivity contribution in [1.29, 1.82) is 0 Å². The molecular formula is C15H29N3O. The fourth-order valence-electron chi connectivity index (χ4n) is 3.64. The van der Waals surface area contributed by atoms with E-state index < -0.39 is 0 Å². The summed E-state index contributed by atoms with van der Waals surface area (Å²) in [5, 5.41) is 0. The first-order valence-electron chi connectivity index (χ1n) is 7.36. The van der Waals surface area contributed by atoms with Crippen LogP contribution in [0.25, 0.3) is 0 Å². The Morgan fingerprint density at radius 1 is 1.16 bits per heavy atom. The van der Waals surface area contributed by atoms with E-state index in [0.717, 1.165) is 32.7 Å². The van der Waals surface area contributed by atoms with E-state index in [1.54, 1.807) is 0 Å². The van der Waals surface area contributed by atoms with Crippen LogP contribution in [0.2, 0.25) is 0 Å². The van der Waals surface area contributed by atoms with Crippen LogP contribution in [0.1, 0.15) is 34.6 Å². The molecule has 2 heterocycles. The molecule has 0 aromatic heterocycles. The largest absolute Gasteiger partial charge is 0.339 e. The minimum atomic E-state index is -0.266. The van der Waals surface area contributed by atoms with Crippen molar-refractivity contribution >= 4 is 5.91 Å². The van der Waals surface area contributed by atoms with Crippen LogP contribution in [0, 0.1) is 5.41 Å². The number of carbonyl (C=O) groups excluding carboxylic acids is 1. The molecule has 1 amide bonds. The quantitative estimate of drug-likeness (QED) is 0.661. The second-order valence-electron chi connectivity index (χ2n) is 7.86. The van der Waals surface area contributed by atoms with Gasteiger partial charge in [0.1, 0.15) is 0 Å². The van der Waals surface area contributed by atoms with Crippen molar-refractivity contribution in [3.05, 3.63) is 0 Å².